The van der Waals surface area contributed by atoms with E-state index in [1.807, 2.05) is 48.5 Å². The molecule has 0 aliphatic carbocycles. The number of nitriles is 1. The Bertz CT molecular complexity index is 3190. The second kappa shape index (κ2) is 15.9. The van der Waals surface area contributed by atoms with E-state index in [9.17, 15) is 5.26 Å². The molecular formula is C56H36N4. The molecule has 10 rings (SSSR count). The van der Waals surface area contributed by atoms with Crippen molar-refractivity contribution in [2.75, 3.05) is 0 Å². The van der Waals surface area contributed by atoms with Crippen LogP contribution in [0.2, 0.25) is 0 Å². The minimum Gasteiger partial charge on any atom is -0.208 e. The highest BCUT2D eigenvalue weighted by atomic mass is 15.0. The summed E-state index contributed by atoms with van der Waals surface area (Å²) in [6, 6.07) is 77.7. The SMILES string of the molecule is N#Cc1cccc(-c2cccc(-c3nc(-c4ccc(-c5ccccc5)cc4)nc(-c4cccc(-c5ccc(-c6ccccc6)cc5)c4-c4ccc5ccccc5c4)n3)c2)c1. The van der Waals surface area contributed by atoms with Crippen molar-refractivity contribution in [2.24, 2.45) is 0 Å². The van der Waals surface area contributed by atoms with E-state index in [0.29, 0.717) is 23.0 Å². The number of nitrogens with zero attached hydrogens (tertiary/aromatic N) is 4. The van der Waals surface area contributed by atoms with Crippen LogP contribution in [0.4, 0.5) is 0 Å². The predicted molar refractivity (Wildman–Crippen MR) is 246 cm³/mol. The highest BCUT2D eigenvalue weighted by molar-refractivity contribution is 5.97. The minimum absolute atomic E-state index is 0.558. The molecule has 10 aromatic rings. The van der Waals surface area contributed by atoms with Gasteiger partial charge in [-0.25, -0.2) is 15.0 Å². The van der Waals surface area contributed by atoms with E-state index in [0.717, 1.165) is 72.1 Å². The molecule has 0 amide bonds. The maximum atomic E-state index is 9.63. The zero-order valence-electron chi connectivity index (χ0n) is 32.6. The molecule has 0 spiro atoms. The van der Waals surface area contributed by atoms with Gasteiger partial charge >= 0.3 is 0 Å². The molecule has 0 saturated heterocycles. The number of benzene rings is 9. The lowest BCUT2D eigenvalue weighted by Gasteiger charge is -2.17. The van der Waals surface area contributed by atoms with Crippen molar-refractivity contribution in [3.05, 3.63) is 224 Å². The lowest BCUT2D eigenvalue weighted by molar-refractivity contribution is 1.07. The molecular weight excluding hydrogens is 729 g/mol. The zero-order chi connectivity index (χ0) is 40.3. The molecule has 4 heteroatoms. The van der Waals surface area contributed by atoms with E-state index in [4.69, 9.17) is 15.0 Å². The molecule has 0 radical (unpaired) electrons. The summed E-state index contributed by atoms with van der Waals surface area (Å²) in [7, 11) is 0. The predicted octanol–water partition coefficient (Wildman–Crippen LogP) is 14.2. The van der Waals surface area contributed by atoms with Crippen molar-refractivity contribution >= 4 is 10.8 Å². The summed E-state index contributed by atoms with van der Waals surface area (Å²) in [5, 5.41) is 12.0. The van der Waals surface area contributed by atoms with Crippen LogP contribution in [0.15, 0.2) is 218 Å². The zero-order valence-corrected chi connectivity index (χ0v) is 32.6. The maximum Gasteiger partial charge on any atom is 0.164 e. The molecule has 0 atom stereocenters. The largest absolute Gasteiger partial charge is 0.208 e. The van der Waals surface area contributed by atoms with E-state index in [2.05, 4.69) is 176 Å². The molecule has 0 N–H and O–H groups in total. The molecule has 0 aliphatic heterocycles. The number of rotatable bonds is 8. The molecule has 0 bridgehead atoms. The standard InChI is InChI=1S/C56H36N4/c57-37-38-12-9-19-46(34-38)48-20-10-21-50(36-48)55-58-54(45-31-26-43(27-32-45)40-15-5-2-6-16-40)59-56(60-55)52-23-11-22-51(44-29-24-42(25-30-44)39-13-3-1-4-14-39)53(52)49-33-28-41-17-7-8-18-47(41)35-49/h1-36H. The number of aromatic nitrogens is 3. The number of fused-ring (bicyclic) bond motifs is 1. The first-order chi connectivity index (χ1) is 29.7. The second-order valence-electron chi connectivity index (χ2n) is 14.8. The van der Waals surface area contributed by atoms with Crippen LogP contribution in [-0.2, 0) is 0 Å². The summed E-state index contributed by atoms with van der Waals surface area (Å²) in [5.41, 5.74) is 14.1. The van der Waals surface area contributed by atoms with Crippen molar-refractivity contribution in [1.82, 2.24) is 15.0 Å². The van der Waals surface area contributed by atoms with Crippen molar-refractivity contribution in [1.29, 1.82) is 5.26 Å². The van der Waals surface area contributed by atoms with Crippen LogP contribution in [0.25, 0.3) is 101 Å². The second-order valence-corrected chi connectivity index (χ2v) is 14.8. The van der Waals surface area contributed by atoms with Gasteiger partial charge in [0.15, 0.2) is 17.5 Å². The van der Waals surface area contributed by atoms with Crippen molar-refractivity contribution in [3.8, 4) is 95.9 Å². The maximum absolute atomic E-state index is 9.63. The fourth-order valence-electron chi connectivity index (χ4n) is 7.91. The molecule has 0 aliphatic rings. The van der Waals surface area contributed by atoms with Gasteiger partial charge < -0.3 is 0 Å². The third kappa shape index (κ3) is 7.24. The lowest BCUT2D eigenvalue weighted by atomic mass is 9.88. The Morgan fingerprint density at radius 3 is 1.43 bits per heavy atom. The van der Waals surface area contributed by atoms with Crippen LogP contribution in [0.5, 0.6) is 0 Å². The Labute approximate surface area is 349 Å². The van der Waals surface area contributed by atoms with Gasteiger partial charge in [-0.3, -0.25) is 0 Å². The van der Waals surface area contributed by atoms with E-state index in [1.165, 1.54) is 10.9 Å². The Kier molecular flexibility index (Phi) is 9.59. The molecule has 9 aromatic carbocycles. The lowest BCUT2D eigenvalue weighted by Crippen LogP contribution is -2.02. The summed E-state index contributed by atoms with van der Waals surface area (Å²) >= 11 is 0. The number of hydrogen-bond donors (Lipinski definition) is 0. The summed E-state index contributed by atoms with van der Waals surface area (Å²) in [6.45, 7) is 0. The normalized spacial score (nSPS) is 11.0. The van der Waals surface area contributed by atoms with E-state index < -0.39 is 0 Å². The summed E-state index contributed by atoms with van der Waals surface area (Å²) in [4.78, 5) is 15.7. The molecule has 280 valence electrons. The third-order valence-corrected chi connectivity index (χ3v) is 11.0. The first-order valence-electron chi connectivity index (χ1n) is 20.0. The Balaban J connectivity index is 1.17. The number of hydrogen-bond acceptors (Lipinski definition) is 4. The summed E-state index contributed by atoms with van der Waals surface area (Å²) in [6.07, 6.45) is 0. The van der Waals surface area contributed by atoms with Crippen LogP contribution < -0.4 is 0 Å². The van der Waals surface area contributed by atoms with Crippen molar-refractivity contribution in [3.63, 3.8) is 0 Å². The monoisotopic (exact) mass is 764 g/mol. The summed E-state index contributed by atoms with van der Waals surface area (Å²) in [5.74, 6) is 1.71. The highest BCUT2D eigenvalue weighted by Crippen LogP contribution is 2.41. The molecule has 0 unspecified atom stereocenters. The van der Waals surface area contributed by atoms with Gasteiger partial charge in [0.2, 0.25) is 0 Å². The molecule has 1 heterocycles. The van der Waals surface area contributed by atoms with Crippen LogP contribution in [0.3, 0.4) is 0 Å². The van der Waals surface area contributed by atoms with Gasteiger partial charge in [0.1, 0.15) is 0 Å². The van der Waals surface area contributed by atoms with Gasteiger partial charge in [-0.05, 0) is 85.1 Å². The Morgan fingerprint density at radius 2 is 0.750 bits per heavy atom. The fourth-order valence-corrected chi connectivity index (χ4v) is 7.91. The van der Waals surface area contributed by atoms with Crippen LogP contribution in [0.1, 0.15) is 5.56 Å². The minimum atomic E-state index is 0.558. The third-order valence-electron chi connectivity index (χ3n) is 11.0. The van der Waals surface area contributed by atoms with Crippen LogP contribution in [0, 0.1) is 11.3 Å². The van der Waals surface area contributed by atoms with Gasteiger partial charge in [0, 0.05) is 22.3 Å². The van der Waals surface area contributed by atoms with Gasteiger partial charge in [-0.15, -0.1) is 0 Å². The van der Waals surface area contributed by atoms with E-state index in [1.54, 1.807) is 0 Å². The smallest absolute Gasteiger partial charge is 0.164 e. The Hall–Kier alpha value is -8.26. The van der Waals surface area contributed by atoms with E-state index >= 15 is 0 Å². The van der Waals surface area contributed by atoms with Gasteiger partial charge in [-0.1, -0.05) is 194 Å². The average molecular weight is 765 g/mol. The van der Waals surface area contributed by atoms with Crippen molar-refractivity contribution < 1.29 is 0 Å². The van der Waals surface area contributed by atoms with Crippen LogP contribution in [-0.4, -0.2) is 15.0 Å². The first kappa shape index (κ1) is 36.1. The quantitative estimate of drug-likeness (QED) is 0.155. The van der Waals surface area contributed by atoms with Gasteiger partial charge in [0.25, 0.3) is 0 Å². The van der Waals surface area contributed by atoms with Gasteiger partial charge in [0.05, 0.1) is 11.6 Å². The average Bonchev–Trinajstić information content (AvgIpc) is 3.34. The molecule has 0 fully saturated rings. The fraction of sp³-hybridized carbons (Fsp3) is 0. The van der Waals surface area contributed by atoms with Crippen LogP contribution >= 0.6 is 0 Å². The van der Waals surface area contributed by atoms with Gasteiger partial charge in [-0.2, -0.15) is 5.26 Å². The Morgan fingerprint density at radius 1 is 0.283 bits per heavy atom. The molecule has 1 aromatic heterocycles. The van der Waals surface area contributed by atoms with Crippen molar-refractivity contribution in [2.45, 2.75) is 0 Å². The molecule has 60 heavy (non-hydrogen) atoms. The first-order valence-corrected chi connectivity index (χ1v) is 20.0. The molecule has 0 saturated carbocycles. The highest BCUT2D eigenvalue weighted by Gasteiger charge is 2.20. The molecule has 4 nitrogen and oxygen atoms in total. The topological polar surface area (TPSA) is 62.5 Å². The summed E-state index contributed by atoms with van der Waals surface area (Å²) < 4.78 is 0. The van der Waals surface area contributed by atoms with E-state index in [-0.39, 0.29) is 0 Å².